The number of esters is 1. The molecule has 0 bridgehead atoms. The Labute approximate surface area is 487 Å². The predicted molar refractivity (Wildman–Crippen MR) is 341 cm³/mol. The summed E-state index contributed by atoms with van der Waals surface area (Å²) in [5.41, 5.74) is 0. The molecule has 3 unspecified atom stereocenters. The zero-order valence-electron chi connectivity index (χ0n) is 51.8. The molecule has 0 saturated heterocycles. The van der Waals surface area contributed by atoms with Gasteiger partial charge in [0.15, 0.2) is 0 Å². The normalized spacial score (nSPS) is 14.4. The second-order valence-corrected chi connectivity index (χ2v) is 24.0. The molecule has 0 aromatic rings. The lowest BCUT2D eigenvalue weighted by Gasteiger charge is -2.27. The standard InChI is InChI=1S/C69H121N2O7P/c1-7-10-13-16-19-22-25-28-30-32-34-35-37-38-40-43-46-49-52-55-58-61-68(72)70-66(65-77-79(74,75)76-64-63-71(4,5)6)67(60-57-54-51-48-45-42-27-24-21-18-15-12-9-3)78-69(73)62-59-56-53-50-47-44-41-39-36-33-31-29-26-23-20-17-14-11-8-2/h11,14,19-20,22-23,28-31,36,39,44,47,53,56-57,60,66-67H,7-10,12-13,15-18,21,24-27,32-35,37-38,40-43,45-46,48-52,54-55,58-59,61-65H2,1-6H3,(H-,70,72,74,75)/p+1/b14-11-,22-19-,23-20-,30-28-,31-29-,39-36-,47-44-,56-53-,60-57+. The molecule has 0 aliphatic carbocycles. The molecular formula is C69H122N2O7P+. The Morgan fingerprint density at radius 3 is 1.27 bits per heavy atom. The van der Waals surface area contributed by atoms with Crippen molar-refractivity contribution in [2.45, 2.75) is 277 Å². The third-order valence-electron chi connectivity index (χ3n) is 13.7. The summed E-state index contributed by atoms with van der Waals surface area (Å²) in [5.74, 6) is -0.607. The van der Waals surface area contributed by atoms with E-state index in [-0.39, 0.29) is 25.5 Å². The van der Waals surface area contributed by atoms with E-state index >= 15 is 0 Å². The molecule has 0 aromatic heterocycles. The first-order valence-corrected chi connectivity index (χ1v) is 33.7. The molecule has 9 nitrogen and oxygen atoms in total. The average Bonchev–Trinajstić information content (AvgIpc) is 3.41. The Bertz CT molecular complexity index is 1720. The largest absolute Gasteiger partial charge is 0.472 e. The number of nitrogens with one attached hydrogen (secondary N) is 1. The fraction of sp³-hybridized carbons (Fsp3) is 0.710. The van der Waals surface area contributed by atoms with E-state index in [2.05, 4.69) is 117 Å². The third kappa shape index (κ3) is 59.1. The van der Waals surface area contributed by atoms with Gasteiger partial charge in [-0.15, -0.1) is 0 Å². The summed E-state index contributed by atoms with van der Waals surface area (Å²) in [5, 5.41) is 3.04. The smallest absolute Gasteiger partial charge is 0.456 e. The molecule has 0 saturated carbocycles. The molecule has 3 atom stereocenters. The number of likely N-dealkylation sites (N-methyl/N-ethyl adjacent to an activating group) is 1. The van der Waals surface area contributed by atoms with E-state index in [1.165, 1.54) is 135 Å². The lowest BCUT2D eigenvalue weighted by Crippen LogP contribution is -2.47. The van der Waals surface area contributed by atoms with Gasteiger partial charge >= 0.3 is 13.8 Å². The maximum Gasteiger partial charge on any atom is 0.472 e. The van der Waals surface area contributed by atoms with Crippen LogP contribution in [0.1, 0.15) is 265 Å². The number of phosphoric ester groups is 1. The van der Waals surface area contributed by atoms with E-state index in [0.717, 1.165) is 89.9 Å². The van der Waals surface area contributed by atoms with Gasteiger partial charge in [-0.05, 0) is 102 Å². The van der Waals surface area contributed by atoms with E-state index in [1.54, 1.807) is 0 Å². The van der Waals surface area contributed by atoms with Crippen LogP contribution in [0.3, 0.4) is 0 Å². The van der Waals surface area contributed by atoms with Crippen LogP contribution in [0.2, 0.25) is 0 Å². The van der Waals surface area contributed by atoms with Crippen molar-refractivity contribution in [2.24, 2.45) is 0 Å². The zero-order valence-corrected chi connectivity index (χ0v) is 52.7. The van der Waals surface area contributed by atoms with E-state index < -0.39 is 25.9 Å². The van der Waals surface area contributed by atoms with Crippen molar-refractivity contribution in [3.63, 3.8) is 0 Å². The van der Waals surface area contributed by atoms with Crippen molar-refractivity contribution in [2.75, 3.05) is 40.9 Å². The van der Waals surface area contributed by atoms with Gasteiger partial charge in [0.2, 0.25) is 5.91 Å². The summed E-state index contributed by atoms with van der Waals surface area (Å²) in [6.07, 6.45) is 79.6. The third-order valence-corrected chi connectivity index (χ3v) is 14.7. The Balaban J connectivity index is 5.35. The number of allylic oxidation sites excluding steroid dienone is 17. The summed E-state index contributed by atoms with van der Waals surface area (Å²) in [6.45, 7) is 6.83. The SMILES string of the molecule is CC/C=C\C/C=C\C/C=C\C/C=C\C/C=C\C/C=C\CCC(=O)OC(/C=C/CCCCCCCCCCCCC)C(COP(=O)(O)OCC[N+](C)(C)C)NC(=O)CCCCCCCCCCCCC/C=C\C/C=C\CCCCC. The number of rotatable bonds is 57. The second kappa shape index (κ2) is 57.9. The number of unbranched alkanes of at least 4 members (excludes halogenated alkanes) is 25. The molecule has 0 radical (unpaired) electrons. The highest BCUT2D eigenvalue weighted by Gasteiger charge is 2.30. The van der Waals surface area contributed by atoms with Gasteiger partial charge in [-0.2, -0.15) is 0 Å². The summed E-state index contributed by atoms with van der Waals surface area (Å²) in [6, 6.07) is -0.887. The minimum absolute atomic E-state index is 0.0239. The van der Waals surface area contributed by atoms with Gasteiger partial charge < -0.3 is 19.4 Å². The number of ether oxygens (including phenoxy) is 1. The maximum absolute atomic E-state index is 13.6. The van der Waals surface area contributed by atoms with Crippen molar-refractivity contribution < 1.29 is 37.3 Å². The Hall–Kier alpha value is -3.33. The lowest BCUT2D eigenvalue weighted by atomic mass is 10.0. The van der Waals surface area contributed by atoms with Crippen LogP contribution in [-0.2, 0) is 27.9 Å². The number of carbonyl (C=O) groups excluding carboxylic acids is 2. The highest BCUT2D eigenvalue weighted by molar-refractivity contribution is 7.47. The van der Waals surface area contributed by atoms with Crippen LogP contribution in [0, 0.1) is 0 Å². The van der Waals surface area contributed by atoms with Gasteiger partial charge in [0.1, 0.15) is 19.3 Å². The minimum Gasteiger partial charge on any atom is -0.456 e. The van der Waals surface area contributed by atoms with E-state index in [4.69, 9.17) is 13.8 Å². The molecule has 1 amide bonds. The van der Waals surface area contributed by atoms with Crippen LogP contribution in [0.4, 0.5) is 0 Å². The van der Waals surface area contributed by atoms with E-state index in [9.17, 15) is 19.0 Å². The van der Waals surface area contributed by atoms with Gasteiger partial charge in [-0.25, -0.2) is 4.57 Å². The molecule has 0 heterocycles. The fourth-order valence-electron chi connectivity index (χ4n) is 8.76. The number of quaternary nitrogens is 1. The Kier molecular flexibility index (Phi) is 55.4. The quantitative estimate of drug-likeness (QED) is 0.0205. The van der Waals surface area contributed by atoms with Crippen molar-refractivity contribution in [3.05, 3.63) is 109 Å². The Morgan fingerprint density at radius 2 is 0.823 bits per heavy atom. The summed E-state index contributed by atoms with van der Waals surface area (Å²) >= 11 is 0. The van der Waals surface area contributed by atoms with Crippen LogP contribution < -0.4 is 5.32 Å². The van der Waals surface area contributed by atoms with Crippen LogP contribution >= 0.6 is 7.82 Å². The van der Waals surface area contributed by atoms with Crippen molar-refractivity contribution in [1.29, 1.82) is 0 Å². The minimum atomic E-state index is -4.47. The fourth-order valence-corrected chi connectivity index (χ4v) is 9.50. The summed E-state index contributed by atoms with van der Waals surface area (Å²) < 4.78 is 30.7. The van der Waals surface area contributed by atoms with Gasteiger partial charge in [-0.1, -0.05) is 259 Å². The first-order valence-electron chi connectivity index (χ1n) is 32.2. The van der Waals surface area contributed by atoms with E-state index in [1.807, 2.05) is 39.4 Å². The van der Waals surface area contributed by atoms with Crippen molar-refractivity contribution in [1.82, 2.24) is 5.32 Å². The molecule has 454 valence electrons. The van der Waals surface area contributed by atoms with Crippen LogP contribution in [0.15, 0.2) is 109 Å². The van der Waals surface area contributed by atoms with Gasteiger partial charge in [-0.3, -0.25) is 18.6 Å². The molecule has 10 heteroatoms. The topological polar surface area (TPSA) is 111 Å². The highest BCUT2D eigenvalue weighted by atomic mass is 31.2. The zero-order chi connectivity index (χ0) is 57.9. The number of hydrogen-bond donors (Lipinski definition) is 2. The molecular weight excluding hydrogens is 1000 g/mol. The molecule has 0 spiro atoms. The monoisotopic (exact) mass is 1120 g/mol. The first-order chi connectivity index (χ1) is 38.4. The van der Waals surface area contributed by atoms with Crippen molar-refractivity contribution in [3.8, 4) is 0 Å². The molecule has 0 rings (SSSR count). The molecule has 0 fully saturated rings. The van der Waals surface area contributed by atoms with Gasteiger partial charge in [0.25, 0.3) is 0 Å². The molecule has 2 N–H and O–H groups in total. The molecule has 79 heavy (non-hydrogen) atoms. The lowest BCUT2D eigenvalue weighted by molar-refractivity contribution is -0.870. The second-order valence-electron chi connectivity index (χ2n) is 22.5. The summed E-state index contributed by atoms with van der Waals surface area (Å²) in [4.78, 5) is 37.7. The molecule has 0 aliphatic heterocycles. The van der Waals surface area contributed by atoms with Crippen LogP contribution in [0.25, 0.3) is 0 Å². The van der Waals surface area contributed by atoms with Gasteiger partial charge in [0.05, 0.1) is 33.8 Å². The molecule has 0 aliphatic rings. The summed E-state index contributed by atoms with van der Waals surface area (Å²) in [7, 11) is 1.45. The first kappa shape index (κ1) is 75.7. The number of hydrogen-bond acceptors (Lipinski definition) is 6. The Morgan fingerprint density at radius 1 is 0.456 bits per heavy atom. The van der Waals surface area contributed by atoms with Crippen LogP contribution in [0.5, 0.6) is 0 Å². The number of carbonyl (C=O) groups is 2. The predicted octanol–water partition coefficient (Wildman–Crippen LogP) is 20.1. The number of amides is 1. The highest BCUT2D eigenvalue weighted by Crippen LogP contribution is 2.43. The molecule has 0 aromatic carbocycles. The maximum atomic E-state index is 13.6. The average molecular weight is 1120 g/mol. The van der Waals surface area contributed by atoms with Gasteiger partial charge in [0, 0.05) is 12.8 Å². The van der Waals surface area contributed by atoms with Crippen LogP contribution in [-0.4, -0.2) is 74.3 Å². The van der Waals surface area contributed by atoms with Crippen molar-refractivity contribution >= 4 is 19.7 Å². The number of phosphoric acid groups is 1. The number of nitrogens with zero attached hydrogens (tertiary/aromatic N) is 1. The van der Waals surface area contributed by atoms with E-state index in [0.29, 0.717) is 23.9 Å².